The monoisotopic (exact) mass is 325 g/mol. The van der Waals surface area contributed by atoms with Crippen LogP contribution in [0.1, 0.15) is 17.2 Å². The zero-order valence-corrected chi connectivity index (χ0v) is 13.1. The van der Waals surface area contributed by atoms with E-state index in [0.29, 0.717) is 0 Å². The van der Waals surface area contributed by atoms with Crippen molar-refractivity contribution in [1.29, 1.82) is 0 Å². The van der Waals surface area contributed by atoms with Gasteiger partial charge in [0.15, 0.2) is 0 Å². The summed E-state index contributed by atoms with van der Waals surface area (Å²) in [5, 5.41) is 10.1. The number of rotatable bonds is 2. The molecule has 2 heterocycles. The highest BCUT2D eigenvalue weighted by molar-refractivity contribution is 8.00. The van der Waals surface area contributed by atoms with Crippen LogP contribution in [0.5, 0.6) is 0 Å². The van der Waals surface area contributed by atoms with Crippen molar-refractivity contribution in [2.75, 3.05) is 0 Å². The highest BCUT2D eigenvalue weighted by Crippen LogP contribution is 2.48. The van der Waals surface area contributed by atoms with E-state index >= 15 is 0 Å². The second-order valence-electron chi connectivity index (χ2n) is 5.80. The Kier molecular flexibility index (Phi) is 3.47. The van der Waals surface area contributed by atoms with Gasteiger partial charge in [-0.25, -0.2) is 0 Å². The lowest BCUT2D eigenvalue weighted by molar-refractivity contribution is -0.141. The van der Waals surface area contributed by atoms with Crippen molar-refractivity contribution in [2.24, 2.45) is 5.92 Å². The van der Waals surface area contributed by atoms with Gasteiger partial charge in [0.2, 0.25) is 11.8 Å². The van der Waals surface area contributed by atoms with E-state index in [0.717, 1.165) is 16.0 Å². The minimum absolute atomic E-state index is 0.206. The zero-order chi connectivity index (χ0) is 16.0. The van der Waals surface area contributed by atoms with Crippen molar-refractivity contribution in [2.45, 2.75) is 22.8 Å². The number of nitrogens with zero attached hydrogens (tertiary/aromatic N) is 1. The number of aliphatic hydroxyl groups excluding tert-OH is 1. The first kappa shape index (κ1) is 14.5. The van der Waals surface area contributed by atoms with Gasteiger partial charge in [-0.1, -0.05) is 48.5 Å². The summed E-state index contributed by atoms with van der Waals surface area (Å²) >= 11 is 1.39. The summed E-state index contributed by atoms with van der Waals surface area (Å²) in [5.74, 6) is -1.17. The molecule has 0 aliphatic carbocycles. The van der Waals surface area contributed by atoms with Gasteiger partial charge >= 0.3 is 0 Å². The van der Waals surface area contributed by atoms with Gasteiger partial charge < -0.3 is 5.11 Å². The minimum atomic E-state index is -0.922. The Morgan fingerprint density at radius 1 is 0.957 bits per heavy atom. The summed E-state index contributed by atoms with van der Waals surface area (Å²) in [4.78, 5) is 27.6. The maximum absolute atomic E-state index is 12.7. The van der Waals surface area contributed by atoms with Crippen molar-refractivity contribution >= 4 is 23.6 Å². The fourth-order valence-corrected chi connectivity index (χ4v) is 4.63. The van der Waals surface area contributed by atoms with E-state index < -0.39 is 17.3 Å². The van der Waals surface area contributed by atoms with Gasteiger partial charge in [0.05, 0.1) is 18.6 Å². The molecule has 2 aromatic rings. The maximum Gasteiger partial charge on any atom is 0.243 e. The van der Waals surface area contributed by atoms with Crippen molar-refractivity contribution in [3.63, 3.8) is 0 Å². The SMILES string of the molecule is O=C1[C@H]2[C@H](Sc3ccccc3[C@@H]2O)C(=O)N1Cc1ccccc1. The largest absolute Gasteiger partial charge is 0.387 e. The molecule has 0 saturated carbocycles. The number of fused-ring (bicyclic) bond motifs is 2. The number of amides is 2. The fourth-order valence-electron chi connectivity index (χ4n) is 3.23. The number of carbonyl (C=O) groups excluding carboxylic acids is 2. The number of aliphatic hydroxyl groups is 1. The quantitative estimate of drug-likeness (QED) is 0.861. The molecule has 0 bridgehead atoms. The van der Waals surface area contributed by atoms with E-state index in [1.807, 2.05) is 54.6 Å². The second kappa shape index (κ2) is 5.51. The molecule has 0 spiro atoms. The molecule has 2 aliphatic heterocycles. The molecule has 0 unspecified atom stereocenters. The van der Waals surface area contributed by atoms with Crippen molar-refractivity contribution < 1.29 is 14.7 Å². The number of likely N-dealkylation sites (tertiary alicyclic amines) is 1. The molecule has 1 fully saturated rings. The summed E-state index contributed by atoms with van der Waals surface area (Å²) in [7, 11) is 0. The molecule has 2 aromatic carbocycles. The number of hydrogen-bond donors (Lipinski definition) is 1. The van der Waals surface area contributed by atoms with Crippen LogP contribution in [0.2, 0.25) is 0 Å². The first-order valence-corrected chi connectivity index (χ1v) is 8.37. The van der Waals surface area contributed by atoms with Crippen LogP contribution in [0, 0.1) is 5.92 Å². The molecule has 4 rings (SSSR count). The number of hydrogen-bond acceptors (Lipinski definition) is 4. The summed E-state index contributed by atoms with van der Waals surface area (Å²) in [5.41, 5.74) is 1.64. The first-order chi connectivity index (χ1) is 11.2. The average Bonchev–Trinajstić information content (AvgIpc) is 2.81. The van der Waals surface area contributed by atoms with Gasteiger partial charge in [0.1, 0.15) is 5.25 Å². The van der Waals surface area contributed by atoms with E-state index in [1.54, 1.807) is 0 Å². The third kappa shape index (κ3) is 2.28. The van der Waals surface area contributed by atoms with E-state index in [2.05, 4.69) is 0 Å². The van der Waals surface area contributed by atoms with Crippen LogP contribution in [0.25, 0.3) is 0 Å². The summed E-state index contributed by atoms with van der Waals surface area (Å²) in [6.07, 6.45) is -0.922. The molecule has 0 radical (unpaired) electrons. The normalized spacial score (nSPS) is 26.1. The van der Waals surface area contributed by atoms with Gasteiger partial charge in [-0.3, -0.25) is 14.5 Å². The van der Waals surface area contributed by atoms with Gasteiger partial charge in [-0.15, -0.1) is 11.8 Å². The third-order valence-corrected chi connectivity index (χ3v) is 5.78. The van der Waals surface area contributed by atoms with Crippen LogP contribution >= 0.6 is 11.8 Å². The molecule has 2 amide bonds. The lowest BCUT2D eigenvalue weighted by atomic mass is 9.93. The number of imide groups is 1. The number of carbonyl (C=O) groups is 2. The Balaban J connectivity index is 1.66. The Bertz CT molecular complexity index is 777. The average molecular weight is 325 g/mol. The predicted molar refractivity (Wildman–Crippen MR) is 86.5 cm³/mol. The van der Waals surface area contributed by atoms with Crippen LogP contribution in [-0.4, -0.2) is 27.1 Å². The van der Waals surface area contributed by atoms with Crippen LogP contribution in [-0.2, 0) is 16.1 Å². The lowest BCUT2D eigenvalue weighted by Gasteiger charge is -2.28. The summed E-state index contributed by atoms with van der Waals surface area (Å²) < 4.78 is 0. The highest BCUT2D eigenvalue weighted by Gasteiger charge is 2.54. The third-order valence-electron chi connectivity index (χ3n) is 4.40. The Hall–Kier alpha value is -2.11. The second-order valence-corrected chi connectivity index (χ2v) is 6.98. The molecule has 2 aliphatic rings. The number of thioether (sulfide) groups is 1. The molecular weight excluding hydrogens is 310 g/mol. The molecule has 4 nitrogen and oxygen atoms in total. The molecule has 5 heteroatoms. The summed E-state index contributed by atoms with van der Waals surface area (Å²) in [6, 6.07) is 16.9. The molecule has 0 aromatic heterocycles. The van der Waals surface area contributed by atoms with Crippen molar-refractivity contribution in [3.8, 4) is 0 Å². The maximum atomic E-state index is 12.7. The van der Waals surface area contributed by atoms with Gasteiger partial charge in [-0.05, 0) is 17.2 Å². The zero-order valence-electron chi connectivity index (χ0n) is 12.3. The van der Waals surface area contributed by atoms with E-state index in [1.165, 1.54) is 16.7 Å². The van der Waals surface area contributed by atoms with E-state index in [-0.39, 0.29) is 18.4 Å². The molecule has 3 atom stereocenters. The topological polar surface area (TPSA) is 57.6 Å². The Morgan fingerprint density at radius 2 is 1.65 bits per heavy atom. The Labute approximate surface area is 138 Å². The van der Waals surface area contributed by atoms with Crippen molar-refractivity contribution in [3.05, 3.63) is 65.7 Å². The molecule has 116 valence electrons. The van der Waals surface area contributed by atoms with Gasteiger partial charge in [0, 0.05) is 4.90 Å². The number of benzene rings is 2. The van der Waals surface area contributed by atoms with Crippen LogP contribution < -0.4 is 0 Å². The van der Waals surface area contributed by atoms with Crippen molar-refractivity contribution in [1.82, 2.24) is 4.90 Å². The smallest absolute Gasteiger partial charge is 0.243 e. The van der Waals surface area contributed by atoms with E-state index in [4.69, 9.17) is 0 Å². The first-order valence-electron chi connectivity index (χ1n) is 7.49. The highest BCUT2D eigenvalue weighted by atomic mass is 32.2. The predicted octanol–water partition coefficient (Wildman–Crippen LogP) is 2.38. The molecule has 23 heavy (non-hydrogen) atoms. The molecular formula is C18H15NO3S. The standard InChI is InChI=1S/C18H15NO3S/c20-15-12-8-4-5-9-13(12)23-16-14(15)17(21)19(18(16)22)10-11-6-2-1-3-7-11/h1-9,14-16,20H,10H2/t14-,15+,16+/m1/s1. The fraction of sp³-hybridized carbons (Fsp3) is 0.222. The van der Waals surface area contributed by atoms with E-state index in [9.17, 15) is 14.7 Å². The summed E-state index contributed by atoms with van der Waals surface area (Å²) in [6.45, 7) is 0.259. The van der Waals surface area contributed by atoms with Crippen LogP contribution in [0.3, 0.4) is 0 Å². The van der Waals surface area contributed by atoms with Crippen LogP contribution in [0.15, 0.2) is 59.5 Å². The minimum Gasteiger partial charge on any atom is -0.387 e. The molecule has 1 N–H and O–H groups in total. The lowest BCUT2D eigenvalue weighted by Crippen LogP contribution is -2.31. The van der Waals surface area contributed by atoms with Gasteiger partial charge in [0.25, 0.3) is 0 Å². The van der Waals surface area contributed by atoms with Crippen LogP contribution in [0.4, 0.5) is 0 Å². The molecule has 1 saturated heterocycles. The Morgan fingerprint density at radius 3 is 2.43 bits per heavy atom. The van der Waals surface area contributed by atoms with Gasteiger partial charge in [-0.2, -0.15) is 0 Å².